The summed E-state index contributed by atoms with van der Waals surface area (Å²) >= 11 is 0. The number of allylic oxidation sites excluding steroid dienone is 4. The number of hydrogen-bond acceptors (Lipinski definition) is 1. The van der Waals surface area contributed by atoms with Gasteiger partial charge in [0.05, 0.1) is 5.92 Å². The molecule has 1 saturated carbocycles. The Morgan fingerprint density at radius 3 is 1.75 bits per heavy atom. The van der Waals surface area contributed by atoms with E-state index in [0.29, 0.717) is 11.8 Å². The van der Waals surface area contributed by atoms with Gasteiger partial charge in [-0.2, -0.15) is 0 Å². The molecular formula is C14H20O2. The zero-order valence-electron chi connectivity index (χ0n) is 9.64. The molecule has 0 spiro atoms. The van der Waals surface area contributed by atoms with Crippen LogP contribution >= 0.6 is 0 Å². The maximum atomic E-state index is 11.0. The summed E-state index contributed by atoms with van der Waals surface area (Å²) in [5, 5.41) is 9.08. The highest BCUT2D eigenvalue weighted by atomic mass is 16.4. The van der Waals surface area contributed by atoms with Crippen molar-refractivity contribution in [2.75, 3.05) is 0 Å². The second kappa shape index (κ2) is 5.33. The average molecular weight is 220 g/mol. The normalized spacial score (nSPS) is 38.6. The van der Waals surface area contributed by atoms with Crippen molar-refractivity contribution in [2.24, 2.45) is 17.8 Å². The first-order valence-electron chi connectivity index (χ1n) is 6.33. The molecule has 2 nitrogen and oxygen atoms in total. The summed E-state index contributed by atoms with van der Waals surface area (Å²) in [5.74, 6) is 0.241. The van der Waals surface area contributed by atoms with Gasteiger partial charge in [0, 0.05) is 0 Å². The van der Waals surface area contributed by atoms with E-state index in [1.165, 1.54) is 0 Å². The lowest BCUT2D eigenvalue weighted by Gasteiger charge is -1.97. The second-order valence-electron chi connectivity index (χ2n) is 4.87. The van der Waals surface area contributed by atoms with Gasteiger partial charge in [-0.05, 0) is 50.4 Å². The molecule has 2 rings (SSSR count). The van der Waals surface area contributed by atoms with E-state index < -0.39 is 5.97 Å². The number of aliphatic carboxylic acids is 1. The van der Waals surface area contributed by atoms with Gasteiger partial charge in [0.25, 0.3) is 0 Å². The first kappa shape index (κ1) is 11.4. The lowest BCUT2D eigenvalue weighted by molar-refractivity contribution is -0.139. The molecule has 2 atom stereocenters. The summed E-state index contributed by atoms with van der Waals surface area (Å²) in [6.07, 6.45) is 15.3. The quantitative estimate of drug-likeness (QED) is 0.688. The average Bonchev–Trinajstić information content (AvgIpc) is 2.91. The van der Waals surface area contributed by atoms with Gasteiger partial charge in [-0.15, -0.1) is 0 Å². The number of carbonyl (C=O) groups is 1. The molecule has 0 aromatic rings. The summed E-state index contributed by atoms with van der Waals surface area (Å²) in [4.78, 5) is 11.0. The minimum absolute atomic E-state index is 0.0532. The van der Waals surface area contributed by atoms with Crippen LogP contribution in [0, 0.1) is 17.8 Å². The molecule has 0 radical (unpaired) electrons. The van der Waals surface area contributed by atoms with E-state index in [1.807, 2.05) is 0 Å². The zero-order chi connectivity index (χ0) is 11.4. The number of rotatable bonds is 1. The van der Waals surface area contributed by atoms with Crippen LogP contribution in [0.3, 0.4) is 0 Å². The third-order valence-electron chi connectivity index (χ3n) is 3.78. The topological polar surface area (TPSA) is 37.3 Å². The Kier molecular flexibility index (Phi) is 3.81. The molecule has 2 unspecified atom stereocenters. The molecule has 0 bridgehead atoms. The van der Waals surface area contributed by atoms with Crippen molar-refractivity contribution in [3.63, 3.8) is 0 Å². The molecule has 0 heterocycles. The van der Waals surface area contributed by atoms with Gasteiger partial charge in [-0.3, -0.25) is 4.79 Å². The molecule has 1 N–H and O–H groups in total. The Bertz CT molecular complexity index is 280. The number of carboxylic acids is 1. The van der Waals surface area contributed by atoms with Crippen LogP contribution in [0.4, 0.5) is 0 Å². The summed E-state index contributed by atoms with van der Waals surface area (Å²) in [6.45, 7) is 0. The highest BCUT2D eigenvalue weighted by molar-refractivity contribution is 5.74. The lowest BCUT2D eigenvalue weighted by Crippen LogP contribution is -2.00. The molecule has 0 aliphatic heterocycles. The second-order valence-corrected chi connectivity index (χ2v) is 4.87. The molecule has 1 fully saturated rings. The largest absolute Gasteiger partial charge is 0.481 e. The van der Waals surface area contributed by atoms with E-state index in [4.69, 9.17) is 5.11 Å². The van der Waals surface area contributed by atoms with E-state index in [1.54, 1.807) is 0 Å². The van der Waals surface area contributed by atoms with Crippen LogP contribution in [-0.4, -0.2) is 11.1 Å². The highest BCUT2D eigenvalue weighted by Gasteiger charge is 2.53. The Morgan fingerprint density at radius 2 is 1.31 bits per heavy atom. The zero-order valence-corrected chi connectivity index (χ0v) is 9.64. The monoisotopic (exact) mass is 220 g/mol. The molecule has 88 valence electrons. The summed E-state index contributed by atoms with van der Waals surface area (Å²) < 4.78 is 0. The molecule has 2 aliphatic rings. The van der Waals surface area contributed by atoms with Crippen molar-refractivity contribution in [3.05, 3.63) is 24.3 Å². The predicted molar refractivity (Wildman–Crippen MR) is 64.1 cm³/mol. The van der Waals surface area contributed by atoms with Gasteiger partial charge in [-0.1, -0.05) is 24.3 Å². The summed E-state index contributed by atoms with van der Waals surface area (Å²) in [5.41, 5.74) is 0. The van der Waals surface area contributed by atoms with Crippen LogP contribution in [0.25, 0.3) is 0 Å². The minimum atomic E-state index is -0.585. The van der Waals surface area contributed by atoms with Crippen LogP contribution in [0.1, 0.15) is 38.5 Å². The Hall–Kier alpha value is -1.05. The molecule has 0 aromatic carbocycles. The van der Waals surface area contributed by atoms with E-state index >= 15 is 0 Å². The molecule has 2 heteroatoms. The fourth-order valence-corrected chi connectivity index (χ4v) is 2.84. The third kappa shape index (κ3) is 2.75. The van der Waals surface area contributed by atoms with Crippen LogP contribution in [0.2, 0.25) is 0 Å². The maximum Gasteiger partial charge on any atom is 0.307 e. The molecule has 2 aliphatic carbocycles. The smallest absolute Gasteiger partial charge is 0.307 e. The van der Waals surface area contributed by atoms with Crippen LogP contribution in [0.5, 0.6) is 0 Å². The SMILES string of the molecule is O=C(O)C1C2CC/C=C/CC/C=C/CCC21. The van der Waals surface area contributed by atoms with E-state index in [9.17, 15) is 4.79 Å². The summed E-state index contributed by atoms with van der Waals surface area (Å²) in [7, 11) is 0. The van der Waals surface area contributed by atoms with E-state index in [0.717, 1.165) is 38.5 Å². The first-order valence-corrected chi connectivity index (χ1v) is 6.33. The van der Waals surface area contributed by atoms with Crippen molar-refractivity contribution < 1.29 is 9.90 Å². The van der Waals surface area contributed by atoms with Gasteiger partial charge in [0.15, 0.2) is 0 Å². The van der Waals surface area contributed by atoms with Crippen LogP contribution < -0.4 is 0 Å². The van der Waals surface area contributed by atoms with Crippen molar-refractivity contribution in [1.29, 1.82) is 0 Å². The third-order valence-corrected chi connectivity index (χ3v) is 3.78. The van der Waals surface area contributed by atoms with Crippen molar-refractivity contribution in [2.45, 2.75) is 38.5 Å². The Balaban J connectivity index is 1.92. The van der Waals surface area contributed by atoms with E-state index in [-0.39, 0.29) is 5.92 Å². The molecule has 0 amide bonds. The first-order chi connectivity index (χ1) is 7.80. The minimum Gasteiger partial charge on any atom is -0.481 e. The highest BCUT2D eigenvalue weighted by Crippen LogP contribution is 2.52. The van der Waals surface area contributed by atoms with Crippen molar-refractivity contribution >= 4 is 5.97 Å². The number of hydrogen-bond donors (Lipinski definition) is 1. The number of fused-ring (bicyclic) bond motifs is 1. The van der Waals surface area contributed by atoms with Crippen LogP contribution in [0.15, 0.2) is 24.3 Å². The van der Waals surface area contributed by atoms with Gasteiger partial charge < -0.3 is 5.11 Å². The molecule has 0 aromatic heterocycles. The van der Waals surface area contributed by atoms with Gasteiger partial charge in [-0.25, -0.2) is 0 Å². The van der Waals surface area contributed by atoms with Crippen molar-refractivity contribution in [1.82, 2.24) is 0 Å². The fraction of sp³-hybridized carbons (Fsp3) is 0.643. The lowest BCUT2D eigenvalue weighted by atomic mass is 10.1. The van der Waals surface area contributed by atoms with Crippen LogP contribution in [-0.2, 0) is 4.79 Å². The molecular weight excluding hydrogens is 200 g/mol. The van der Waals surface area contributed by atoms with E-state index in [2.05, 4.69) is 24.3 Å². The summed E-state index contributed by atoms with van der Waals surface area (Å²) in [6, 6.07) is 0. The van der Waals surface area contributed by atoms with Gasteiger partial charge >= 0.3 is 5.97 Å². The maximum absolute atomic E-state index is 11.0. The fourth-order valence-electron chi connectivity index (χ4n) is 2.84. The van der Waals surface area contributed by atoms with Gasteiger partial charge in [0.2, 0.25) is 0 Å². The predicted octanol–water partition coefficient (Wildman–Crippen LogP) is 3.40. The Morgan fingerprint density at radius 1 is 0.875 bits per heavy atom. The molecule has 16 heavy (non-hydrogen) atoms. The Labute approximate surface area is 97.0 Å². The standard InChI is InChI=1S/C14H20O2/c15-14(16)13-11-9-7-5-3-1-2-4-6-8-10-12(11)13/h3-6,11-13H,1-2,7-10H2,(H,15,16)/b5-3+,6-4+. The number of carboxylic acid groups (broad SMARTS) is 1. The van der Waals surface area contributed by atoms with Crippen molar-refractivity contribution in [3.8, 4) is 0 Å². The van der Waals surface area contributed by atoms with Gasteiger partial charge in [0.1, 0.15) is 0 Å². The molecule has 0 saturated heterocycles.